The van der Waals surface area contributed by atoms with Crippen LogP contribution in [-0.4, -0.2) is 30.7 Å². The molecule has 0 bridgehead atoms. The zero-order valence-corrected chi connectivity index (χ0v) is 17.1. The van der Waals surface area contributed by atoms with E-state index < -0.39 is 0 Å². The van der Waals surface area contributed by atoms with Crippen molar-refractivity contribution in [3.8, 4) is 11.3 Å². The topological polar surface area (TPSA) is 76.5 Å². The quantitative estimate of drug-likeness (QED) is 0.486. The zero-order chi connectivity index (χ0) is 19.5. The van der Waals surface area contributed by atoms with Crippen molar-refractivity contribution < 1.29 is 4.79 Å². The number of halogens is 1. The van der Waals surface area contributed by atoms with E-state index in [2.05, 4.69) is 20.3 Å². The highest BCUT2D eigenvalue weighted by atomic mass is 35.5. The number of nitrogens with one attached hydrogen (secondary N) is 1. The molecular formula is C22H22ClN5O. The molecule has 6 nitrogen and oxygen atoms in total. The smallest absolute Gasteiger partial charge is 0.168 e. The van der Waals surface area contributed by atoms with Crippen LogP contribution in [0, 0.1) is 13.8 Å². The fraction of sp³-hybridized carbons (Fsp3) is 0.182. The standard InChI is InChI=1S/C22H21N5O.ClH/c1-15-11-16(2)27(26-15)14-18-12-21(25-24-18)19-9-6-10-23-20(19)13-22(28)17-7-4-3-5-8-17;/h3-12H,13-14H2,1-2H3,(H,24,25);1H. The molecule has 4 aromatic rings. The maximum atomic E-state index is 12.6. The number of ketones is 1. The van der Waals surface area contributed by atoms with Crippen LogP contribution in [0.3, 0.4) is 0 Å². The number of Topliss-reactive ketones (excluding diaryl/α,β-unsaturated/α-hetero) is 1. The number of hydrogen-bond acceptors (Lipinski definition) is 4. The molecule has 7 heteroatoms. The molecule has 0 spiro atoms. The van der Waals surface area contributed by atoms with Gasteiger partial charge in [0.2, 0.25) is 0 Å². The van der Waals surface area contributed by atoms with E-state index >= 15 is 0 Å². The van der Waals surface area contributed by atoms with Crippen LogP contribution in [0.2, 0.25) is 0 Å². The number of aromatic amines is 1. The molecule has 0 radical (unpaired) electrons. The van der Waals surface area contributed by atoms with E-state index in [-0.39, 0.29) is 24.6 Å². The van der Waals surface area contributed by atoms with Gasteiger partial charge in [0.05, 0.1) is 35.7 Å². The second-order valence-electron chi connectivity index (χ2n) is 6.82. The third kappa shape index (κ3) is 4.60. The van der Waals surface area contributed by atoms with E-state index in [9.17, 15) is 4.79 Å². The summed E-state index contributed by atoms with van der Waals surface area (Å²) >= 11 is 0. The van der Waals surface area contributed by atoms with E-state index in [0.717, 1.165) is 34.0 Å². The van der Waals surface area contributed by atoms with Gasteiger partial charge < -0.3 is 0 Å². The largest absolute Gasteiger partial charge is 0.294 e. The minimum absolute atomic E-state index is 0. The predicted molar refractivity (Wildman–Crippen MR) is 114 cm³/mol. The molecule has 148 valence electrons. The molecule has 0 aliphatic heterocycles. The highest BCUT2D eigenvalue weighted by Gasteiger charge is 2.14. The lowest BCUT2D eigenvalue weighted by atomic mass is 10.0. The summed E-state index contributed by atoms with van der Waals surface area (Å²) in [7, 11) is 0. The molecule has 0 unspecified atom stereocenters. The van der Waals surface area contributed by atoms with E-state index in [1.807, 2.05) is 73.1 Å². The molecule has 3 heterocycles. The lowest BCUT2D eigenvalue weighted by molar-refractivity contribution is 0.0992. The first-order valence-electron chi connectivity index (χ1n) is 9.18. The molecule has 3 aromatic heterocycles. The summed E-state index contributed by atoms with van der Waals surface area (Å²) in [6, 6.07) is 17.2. The van der Waals surface area contributed by atoms with Gasteiger partial charge in [0, 0.05) is 23.0 Å². The van der Waals surface area contributed by atoms with Crippen molar-refractivity contribution >= 4 is 18.2 Å². The van der Waals surface area contributed by atoms with E-state index in [4.69, 9.17) is 0 Å². The molecule has 0 amide bonds. The summed E-state index contributed by atoms with van der Waals surface area (Å²) < 4.78 is 1.93. The Morgan fingerprint density at radius 3 is 2.59 bits per heavy atom. The van der Waals surface area contributed by atoms with Crippen LogP contribution in [0.15, 0.2) is 60.8 Å². The minimum Gasteiger partial charge on any atom is -0.294 e. The number of carbonyl (C=O) groups is 1. The molecule has 0 aliphatic rings. The van der Waals surface area contributed by atoms with Crippen molar-refractivity contribution in [2.75, 3.05) is 0 Å². The van der Waals surface area contributed by atoms with Crippen LogP contribution < -0.4 is 0 Å². The van der Waals surface area contributed by atoms with Gasteiger partial charge in [-0.2, -0.15) is 10.2 Å². The van der Waals surface area contributed by atoms with E-state index in [1.165, 1.54) is 0 Å². The van der Waals surface area contributed by atoms with Gasteiger partial charge >= 0.3 is 0 Å². The first-order chi connectivity index (χ1) is 13.6. The Labute approximate surface area is 175 Å². The second-order valence-corrected chi connectivity index (χ2v) is 6.82. The number of H-pyrrole nitrogens is 1. The Morgan fingerprint density at radius 2 is 1.86 bits per heavy atom. The lowest BCUT2D eigenvalue weighted by Gasteiger charge is -2.06. The van der Waals surface area contributed by atoms with Crippen molar-refractivity contribution in [2.45, 2.75) is 26.8 Å². The molecule has 0 atom stereocenters. The Morgan fingerprint density at radius 1 is 1.07 bits per heavy atom. The first-order valence-corrected chi connectivity index (χ1v) is 9.18. The second kappa shape index (κ2) is 8.84. The van der Waals surface area contributed by atoms with Gasteiger partial charge in [0.25, 0.3) is 0 Å². The van der Waals surface area contributed by atoms with Crippen LogP contribution in [-0.2, 0) is 13.0 Å². The number of rotatable bonds is 6. The molecule has 1 N–H and O–H groups in total. The average molecular weight is 408 g/mol. The van der Waals surface area contributed by atoms with Crippen LogP contribution >= 0.6 is 12.4 Å². The van der Waals surface area contributed by atoms with Crippen LogP contribution in [0.4, 0.5) is 0 Å². The highest BCUT2D eigenvalue weighted by Crippen LogP contribution is 2.22. The molecule has 1 aromatic carbocycles. The Bertz CT molecular complexity index is 1120. The average Bonchev–Trinajstić information content (AvgIpc) is 3.29. The monoisotopic (exact) mass is 407 g/mol. The van der Waals surface area contributed by atoms with Crippen molar-refractivity contribution in [3.05, 3.63) is 89.1 Å². The third-order valence-corrected chi connectivity index (χ3v) is 4.65. The van der Waals surface area contributed by atoms with Gasteiger partial charge in [0.1, 0.15) is 0 Å². The first kappa shape index (κ1) is 20.5. The zero-order valence-electron chi connectivity index (χ0n) is 16.3. The van der Waals surface area contributed by atoms with E-state index in [0.29, 0.717) is 12.1 Å². The summed E-state index contributed by atoms with van der Waals surface area (Å²) in [4.78, 5) is 17.1. The lowest BCUT2D eigenvalue weighted by Crippen LogP contribution is -2.06. The van der Waals surface area contributed by atoms with Gasteiger partial charge in [-0.25, -0.2) is 0 Å². The van der Waals surface area contributed by atoms with Gasteiger partial charge in [-0.05, 0) is 38.1 Å². The summed E-state index contributed by atoms with van der Waals surface area (Å²) in [5.41, 5.74) is 6.12. The maximum absolute atomic E-state index is 12.6. The third-order valence-electron chi connectivity index (χ3n) is 4.65. The molecule has 29 heavy (non-hydrogen) atoms. The summed E-state index contributed by atoms with van der Waals surface area (Å²) in [5, 5.41) is 12.0. The van der Waals surface area contributed by atoms with Crippen LogP contribution in [0.25, 0.3) is 11.3 Å². The van der Waals surface area contributed by atoms with Gasteiger partial charge in [-0.3, -0.25) is 19.6 Å². The fourth-order valence-electron chi connectivity index (χ4n) is 3.27. The summed E-state index contributed by atoms with van der Waals surface area (Å²) in [6.07, 6.45) is 1.95. The van der Waals surface area contributed by atoms with Gasteiger partial charge in [-0.15, -0.1) is 12.4 Å². The summed E-state index contributed by atoms with van der Waals surface area (Å²) in [6.45, 7) is 4.60. The predicted octanol–water partition coefficient (Wildman–Crippen LogP) is 4.18. The Hall–Kier alpha value is -3.25. The minimum atomic E-state index is 0. The van der Waals surface area contributed by atoms with Crippen molar-refractivity contribution in [1.82, 2.24) is 25.0 Å². The molecule has 0 aliphatic carbocycles. The van der Waals surface area contributed by atoms with Gasteiger partial charge in [0.15, 0.2) is 5.78 Å². The van der Waals surface area contributed by atoms with Crippen LogP contribution in [0.1, 0.15) is 33.1 Å². The number of nitrogens with zero attached hydrogens (tertiary/aromatic N) is 4. The number of aromatic nitrogens is 5. The summed E-state index contributed by atoms with van der Waals surface area (Å²) in [5.74, 6) is 0.0444. The highest BCUT2D eigenvalue weighted by molar-refractivity contribution is 5.98. The fourth-order valence-corrected chi connectivity index (χ4v) is 3.27. The van der Waals surface area contributed by atoms with Crippen LogP contribution in [0.5, 0.6) is 0 Å². The molecule has 0 saturated heterocycles. The number of pyridine rings is 1. The Balaban J connectivity index is 0.00000240. The van der Waals surface area contributed by atoms with Crippen molar-refractivity contribution in [3.63, 3.8) is 0 Å². The molecule has 4 rings (SSSR count). The number of aryl methyl sites for hydroxylation is 2. The number of hydrogen-bond donors (Lipinski definition) is 1. The normalized spacial score (nSPS) is 10.6. The number of carbonyl (C=O) groups excluding carboxylic acids is 1. The number of benzene rings is 1. The molecule has 0 saturated carbocycles. The van der Waals surface area contributed by atoms with Crippen molar-refractivity contribution in [1.29, 1.82) is 0 Å². The van der Waals surface area contributed by atoms with Crippen molar-refractivity contribution in [2.24, 2.45) is 0 Å². The van der Waals surface area contributed by atoms with Gasteiger partial charge in [-0.1, -0.05) is 30.3 Å². The maximum Gasteiger partial charge on any atom is 0.168 e. The SMILES string of the molecule is Cc1cc(C)n(Cc2cc(-c3cccnc3CC(=O)c3ccccc3)[nH]n2)n1.Cl. The Kier molecular flexibility index (Phi) is 6.24. The molecular weight excluding hydrogens is 386 g/mol. The van der Waals surface area contributed by atoms with E-state index in [1.54, 1.807) is 6.20 Å². The molecule has 0 fully saturated rings.